The second-order valence-corrected chi connectivity index (χ2v) is 1.97. The summed E-state index contributed by atoms with van der Waals surface area (Å²) in [6.07, 6.45) is -0.836. The first kappa shape index (κ1) is 8.74. The van der Waals surface area contributed by atoms with Gasteiger partial charge in [0.05, 0.1) is 6.10 Å². The van der Waals surface area contributed by atoms with Gasteiger partial charge in [0.1, 0.15) is 6.04 Å². The maximum Gasteiger partial charge on any atom is 0.249 e. The van der Waals surface area contributed by atoms with Gasteiger partial charge in [0.25, 0.3) is 0 Å². The molecule has 0 radical (unpaired) electrons. The van der Waals surface area contributed by atoms with Gasteiger partial charge in [-0.2, -0.15) is 0 Å². The molecule has 0 aliphatic rings. The van der Waals surface area contributed by atoms with Crippen molar-refractivity contribution < 1.29 is 9.90 Å². The van der Waals surface area contributed by atoms with Crippen molar-refractivity contribution in [2.45, 2.75) is 19.1 Å². The summed E-state index contributed by atoms with van der Waals surface area (Å²) in [7, 11) is 0. The van der Waals surface area contributed by atoms with E-state index in [9.17, 15) is 4.79 Å². The van der Waals surface area contributed by atoms with E-state index >= 15 is 0 Å². The van der Waals surface area contributed by atoms with Crippen molar-refractivity contribution in [2.75, 3.05) is 0 Å². The summed E-state index contributed by atoms with van der Waals surface area (Å²) in [5.41, 5.74) is 5.16. The van der Waals surface area contributed by atoms with Crippen LogP contribution in [0.4, 0.5) is 0 Å². The fourth-order valence-electron chi connectivity index (χ4n) is 0.294. The van der Waals surface area contributed by atoms with E-state index in [4.69, 9.17) is 10.8 Å². The molecule has 4 N–H and O–H groups in total. The monoisotopic (exact) mass is 150 g/mol. The summed E-state index contributed by atoms with van der Waals surface area (Å²) < 4.78 is 2.02. The van der Waals surface area contributed by atoms with Gasteiger partial charge in [0.15, 0.2) is 0 Å². The number of amides is 1. The second-order valence-electron chi connectivity index (χ2n) is 1.74. The Bertz CT molecular complexity index is 107. The fourth-order valence-corrected chi connectivity index (χ4v) is 0.443. The molecule has 0 rings (SSSR count). The molecule has 0 aromatic heterocycles. The van der Waals surface area contributed by atoms with Crippen molar-refractivity contribution in [1.82, 2.24) is 4.72 Å². The number of carbonyl (C=O) groups is 1. The maximum absolute atomic E-state index is 10.5. The molecule has 0 fully saturated rings. The molecule has 5 heteroatoms. The molecule has 1 amide bonds. The van der Waals surface area contributed by atoms with E-state index in [0.717, 1.165) is 0 Å². The molecule has 0 aromatic rings. The van der Waals surface area contributed by atoms with Crippen molar-refractivity contribution >= 4 is 18.7 Å². The Morgan fingerprint density at radius 2 is 2.33 bits per heavy atom. The SMILES string of the molecule is C[C@@H](O)[C@H](N)C(=O)NS. The van der Waals surface area contributed by atoms with Gasteiger partial charge in [0, 0.05) is 0 Å². The molecule has 0 bridgehead atoms. The zero-order chi connectivity index (χ0) is 7.44. The highest BCUT2D eigenvalue weighted by Gasteiger charge is 2.16. The third kappa shape index (κ3) is 2.69. The quantitative estimate of drug-likeness (QED) is 0.368. The van der Waals surface area contributed by atoms with Gasteiger partial charge >= 0.3 is 0 Å². The minimum atomic E-state index is -0.887. The molecule has 0 spiro atoms. The Balaban J connectivity index is 3.72. The number of hydrogen-bond donors (Lipinski definition) is 4. The molecule has 4 nitrogen and oxygen atoms in total. The molecule has 0 aliphatic heterocycles. The van der Waals surface area contributed by atoms with E-state index in [2.05, 4.69) is 12.8 Å². The minimum absolute atomic E-state index is 0.478. The molecule has 0 aromatic carbocycles. The molecule has 0 saturated heterocycles. The average Bonchev–Trinajstić information content (AvgIpc) is 1.84. The van der Waals surface area contributed by atoms with Crippen LogP contribution in [0.2, 0.25) is 0 Å². The number of hydrogen-bond acceptors (Lipinski definition) is 4. The Hall–Kier alpha value is -0.260. The Morgan fingerprint density at radius 3 is 2.44 bits per heavy atom. The predicted molar refractivity (Wildman–Crippen MR) is 36.8 cm³/mol. The Morgan fingerprint density at radius 1 is 1.89 bits per heavy atom. The second kappa shape index (κ2) is 3.71. The zero-order valence-corrected chi connectivity index (χ0v) is 5.93. The van der Waals surface area contributed by atoms with Crippen molar-refractivity contribution in [1.29, 1.82) is 0 Å². The highest BCUT2D eigenvalue weighted by Crippen LogP contribution is 1.87. The van der Waals surface area contributed by atoms with Gasteiger partial charge < -0.3 is 15.6 Å². The lowest BCUT2D eigenvalue weighted by Gasteiger charge is -2.10. The first-order chi connectivity index (χ1) is 4.09. The average molecular weight is 150 g/mol. The van der Waals surface area contributed by atoms with Crippen LogP contribution in [-0.4, -0.2) is 23.2 Å². The van der Waals surface area contributed by atoms with Gasteiger partial charge in [-0.1, -0.05) is 12.8 Å². The van der Waals surface area contributed by atoms with Gasteiger partial charge in [-0.25, -0.2) is 0 Å². The highest BCUT2D eigenvalue weighted by molar-refractivity contribution is 7.78. The van der Waals surface area contributed by atoms with Crippen molar-refractivity contribution in [2.24, 2.45) is 5.73 Å². The molecule has 0 saturated carbocycles. The summed E-state index contributed by atoms with van der Waals surface area (Å²) >= 11 is 3.46. The molecule has 2 atom stereocenters. The van der Waals surface area contributed by atoms with Crippen LogP contribution in [0.5, 0.6) is 0 Å². The molecule has 0 heterocycles. The van der Waals surface area contributed by atoms with Crippen molar-refractivity contribution in [3.63, 3.8) is 0 Å². The molecule has 0 unspecified atom stereocenters. The summed E-state index contributed by atoms with van der Waals surface area (Å²) in [5.74, 6) is -0.478. The maximum atomic E-state index is 10.5. The van der Waals surface area contributed by atoms with Crippen LogP contribution in [0.15, 0.2) is 0 Å². The number of thiol groups is 1. The van der Waals surface area contributed by atoms with E-state index in [1.54, 1.807) is 0 Å². The fraction of sp³-hybridized carbons (Fsp3) is 0.750. The lowest BCUT2D eigenvalue weighted by atomic mass is 10.2. The smallest absolute Gasteiger partial charge is 0.249 e. The number of rotatable bonds is 2. The summed E-state index contributed by atoms with van der Waals surface area (Å²) in [6.45, 7) is 1.44. The molecule has 0 aliphatic carbocycles. The Labute approximate surface area is 59.0 Å². The third-order valence-electron chi connectivity index (χ3n) is 0.933. The van der Waals surface area contributed by atoms with Gasteiger partial charge in [0.2, 0.25) is 5.91 Å². The minimum Gasteiger partial charge on any atom is -0.391 e. The van der Waals surface area contributed by atoms with Crippen LogP contribution in [-0.2, 0) is 4.79 Å². The highest BCUT2D eigenvalue weighted by atomic mass is 32.1. The van der Waals surface area contributed by atoms with E-state index in [1.165, 1.54) is 6.92 Å². The number of nitrogens with one attached hydrogen (secondary N) is 1. The van der Waals surface area contributed by atoms with E-state index in [-0.39, 0.29) is 0 Å². The molecule has 54 valence electrons. The standard InChI is InChI=1S/C4H10N2O2S/c1-2(7)3(5)4(8)6-9/h2-3,7,9H,5H2,1H3,(H,6,8)/t2-,3+/m1/s1. The largest absolute Gasteiger partial charge is 0.391 e. The predicted octanol–water partition coefficient (Wildman–Crippen LogP) is -1.34. The van der Waals surface area contributed by atoms with Gasteiger partial charge in [-0.3, -0.25) is 4.79 Å². The zero-order valence-electron chi connectivity index (χ0n) is 5.03. The Kier molecular flexibility index (Phi) is 3.60. The number of aliphatic hydroxyl groups is 1. The van der Waals surface area contributed by atoms with Crippen molar-refractivity contribution in [3.05, 3.63) is 0 Å². The van der Waals surface area contributed by atoms with Crippen LogP contribution < -0.4 is 10.5 Å². The summed E-state index contributed by atoms with van der Waals surface area (Å²) in [4.78, 5) is 10.5. The van der Waals surface area contributed by atoms with Crippen molar-refractivity contribution in [3.8, 4) is 0 Å². The molecular formula is C4H10N2O2S. The first-order valence-corrected chi connectivity index (χ1v) is 2.92. The number of nitrogens with two attached hydrogens (primary N) is 1. The van der Waals surface area contributed by atoms with Gasteiger partial charge in [-0.05, 0) is 6.92 Å². The first-order valence-electron chi connectivity index (χ1n) is 2.47. The molecule has 9 heavy (non-hydrogen) atoms. The lowest BCUT2D eigenvalue weighted by molar-refractivity contribution is -0.122. The normalized spacial score (nSPS) is 16.4. The van der Waals surface area contributed by atoms with Crippen LogP contribution in [0.3, 0.4) is 0 Å². The molecular weight excluding hydrogens is 140 g/mol. The number of carbonyl (C=O) groups excluding carboxylic acids is 1. The van der Waals surface area contributed by atoms with Crippen LogP contribution in [0.25, 0.3) is 0 Å². The van der Waals surface area contributed by atoms with Crippen LogP contribution in [0, 0.1) is 0 Å². The third-order valence-corrected chi connectivity index (χ3v) is 1.15. The topological polar surface area (TPSA) is 75.3 Å². The van der Waals surface area contributed by atoms with E-state index in [1.807, 2.05) is 4.72 Å². The van der Waals surface area contributed by atoms with Crippen LogP contribution in [0.1, 0.15) is 6.92 Å². The summed E-state index contributed by atoms with van der Waals surface area (Å²) in [6, 6.07) is -0.887. The van der Waals surface area contributed by atoms with Gasteiger partial charge in [-0.15, -0.1) is 0 Å². The van der Waals surface area contributed by atoms with E-state index in [0.29, 0.717) is 0 Å². The number of aliphatic hydroxyl groups excluding tert-OH is 1. The van der Waals surface area contributed by atoms with E-state index < -0.39 is 18.1 Å². The lowest BCUT2D eigenvalue weighted by Crippen LogP contribution is -2.44. The van der Waals surface area contributed by atoms with Crippen LogP contribution >= 0.6 is 12.8 Å². The summed E-state index contributed by atoms with van der Waals surface area (Å²) in [5, 5.41) is 8.70.